The summed E-state index contributed by atoms with van der Waals surface area (Å²) in [5, 5.41) is 14.6. The molecule has 1 aromatic carbocycles. The predicted molar refractivity (Wildman–Crippen MR) is 125 cm³/mol. The van der Waals surface area contributed by atoms with E-state index in [1.807, 2.05) is 19.9 Å². The van der Waals surface area contributed by atoms with Crippen molar-refractivity contribution in [1.29, 1.82) is 0 Å². The van der Waals surface area contributed by atoms with E-state index in [4.69, 9.17) is 21.4 Å². The van der Waals surface area contributed by atoms with E-state index in [0.717, 1.165) is 11.1 Å². The van der Waals surface area contributed by atoms with E-state index in [2.05, 4.69) is 10.6 Å². The summed E-state index contributed by atoms with van der Waals surface area (Å²) in [4.78, 5) is 35.8. The van der Waals surface area contributed by atoms with Crippen LogP contribution < -0.4 is 15.4 Å². The summed E-state index contributed by atoms with van der Waals surface area (Å²) >= 11 is 7.41. The zero-order chi connectivity index (χ0) is 23.3. The summed E-state index contributed by atoms with van der Waals surface area (Å²) in [5.41, 5.74) is 2.37. The van der Waals surface area contributed by atoms with Gasteiger partial charge in [-0.2, -0.15) is 0 Å². The average Bonchev–Trinajstić information content (AvgIpc) is 3.10. The predicted octanol–water partition coefficient (Wildman–Crippen LogP) is 3.84. The van der Waals surface area contributed by atoms with Gasteiger partial charge in [0, 0.05) is 18.7 Å². The van der Waals surface area contributed by atoms with Gasteiger partial charge < -0.3 is 20.5 Å². The number of nitrogens with one attached hydrogen (secondary N) is 2. The number of benzene rings is 1. The second-order valence-electron chi connectivity index (χ2n) is 8.32. The molecule has 0 radical (unpaired) electrons. The van der Waals surface area contributed by atoms with Gasteiger partial charge in [-0.3, -0.25) is 14.4 Å². The van der Waals surface area contributed by atoms with Gasteiger partial charge in [-0.25, -0.2) is 0 Å². The lowest BCUT2D eigenvalue weighted by Gasteiger charge is -2.27. The van der Waals surface area contributed by atoms with Gasteiger partial charge in [-0.15, -0.1) is 11.8 Å². The van der Waals surface area contributed by atoms with Crippen molar-refractivity contribution in [3.05, 3.63) is 39.3 Å². The number of amides is 2. The van der Waals surface area contributed by atoms with Crippen LogP contribution in [0.4, 0.5) is 0 Å². The molecule has 1 fully saturated rings. The van der Waals surface area contributed by atoms with Crippen LogP contribution in [0.5, 0.6) is 5.75 Å². The first-order valence-electron chi connectivity index (χ1n) is 10.8. The molecule has 1 atom stereocenters. The highest BCUT2D eigenvalue weighted by Gasteiger charge is 2.28. The van der Waals surface area contributed by atoms with Crippen LogP contribution in [0, 0.1) is 12.8 Å². The van der Waals surface area contributed by atoms with Gasteiger partial charge in [0.25, 0.3) is 5.91 Å². The van der Waals surface area contributed by atoms with Crippen molar-refractivity contribution in [3.8, 4) is 5.75 Å². The minimum Gasteiger partial charge on any atom is -0.490 e. The number of aryl methyl sites for hydroxylation is 1. The van der Waals surface area contributed by atoms with E-state index in [-0.39, 0.29) is 29.1 Å². The van der Waals surface area contributed by atoms with Crippen LogP contribution in [-0.4, -0.2) is 47.3 Å². The number of carboxylic acids is 1. The summed E-state index contributed by atoms with van der Waals surface area (Å²) in [7, 11) is 0. The Bertz CT molecular complexity index is 898. The van der Waals surface area contributed by atoms with Crippen molar-refractivity contribution in [2.24, 2.45) is 5.92 Å². The monoisotopic (exact) mass is 480 g/mol. The topological polar surface area (TPSA) is 105 Å². The number of carbonyl (C=O) groups excluding carboxylic acids is 2. The maximum absolute atomic E-state index is 12.5. The highest BCUT2D eigenvalue weighted by molar-refractivity contribution is 8.06. The van der Waals surface area contributed by atoms with Crippen LogP contribution >= 0.6 is 23.4 Å². The summed E-state index contributed by atoms with van der Waals surface area (Å²) < 4.78 is 6.69. The van der Waals surface area contributed by atoms with Crippen molar-refractivity contribution >= 4 is 41.1 Å². The Labute approximate surface area is 197 Å². The fraction of sp³-hybridized carbons (Fsp3) is 0.522. The molecule has 1 aliphatic heterocycles. The minimum absolute atomic E-state index is 0.000173. The lowest BCUT2D eigenvalue weighted by Crippen LogP contribution is -2.38. The van der Waals surface area contributed by atoms with E-state index in [0.29, 0.717) is 60.9 Å². The molecule has 32 heavy (non-hydrogen) atoms. The van der Waals surface area contributed by atoms with E-state index in [9.17, 15) is 14.4 Å². The van der Waals surface area contributed by atoms with Crippen molar-refractivity contribution < 1.29 is 24.2 Å². The second-order valence-corrected chi connectivity index (χ2v) is 10.1. The molecule has 2 amide bonds. The van der Waals surface area contributed by atoms with Crippen LogP contribution in [0.15, 0.2) is 28.1 Å². The molecule has 1 aromatic rings. The highest BCUT2D eigenvalue weighted by atomic mass is 35.5. The molecule has 174 valence electrons. The summed E-state index contributed by atoms with van der Waals surface area (Å²) in [6.07, 6.45) is 3.32. The van der Waals surface area contributed by atoms with E-state index in [1.54, 1.807) is 12.1 Å². The lowest BCUT2D eigenvalue weighted by atomic mass is 9.87. The number of ether oxygens (including phenoxy) is 1. The molecule has 0 bridgehead atoms. The van der Waals surface area contributed by atoms with Gasteiger partial charge in [-0.1, -0.05) is 11.6 Å². The Morgan fingerprint density at radius 2 is 1.81 bits per heavy atom. The third-order valence-corrected chi connectivity index (χ3v) is 7.65. The first-order chi connectivity index (χ1) is 15.2. The first-order valence-corrected chi connectivity index (χ1v) is 12.1. The number of carboxylic acid groups (broad SMARTS) is 1. The Kier molecular flexibility index (Phi) is 8.48. The summed E-state index contributed by atoms with van der Waals surface area (Å²) in [6.45, 7) is 4.44. The molecule has 7 nitrogen and oxygen atoms in total. The van der Waals surface area contributed by atoms with Crippen LogP contribution in [0.25, 0.3) is 0 Å². The standard InChI is InChI=1S/C23H29ClN2O5S/c1-13-11-17(31-16-5-3-15(4-6-16)23(29)30)7-8-18(13)21(27)25-9-10-26-22(28)19-12-14(2)20(24)32-19/h7-8,11,15-16,19H,3-6,9-10,12H2,1-2H3,(H,25,27)(H,26,28)(H,29,30)/t15-,16+,19?. The van der Waals surface area contributed by atoms with E-state index < -0.39 is 5.97 Å². The molecular formula is C23H29ClN2O5S. The van der Waals surface area contributed by atoms with Gasteiger partial charge in [-0.05, 0) is 75.3 Å². The quantitative estimate of drug-likeness (QED) is 0.488. The normalized spacial score (nSPS) is 23.0. The van der Waals surface area contributed by atoms with Crippen LogP contribution in [-0.2, 0) is 9.59 Å². The maximum atomic E-state index is 12.5. The number of thioether (sulfide) groups is 1. The van der Waals surface area contributed by atoms with Crippen molar-refractivity contribution in [1.82, 2.24) is 10.6 Å². The summed E-state index contributed by atoms with van der Waals surface area (Å²) in [6, 6.07) is 5.33. The van der Waals surface area contributed by atoms with Crippen LogP contribution in [0.2, 0.25) is 0 Å². The molecule has 1 unspecified atom stereocenters. The molecule has 9 heteroatoms. The van der Waals surface area contributed by atoms with Crippen LogP contribution in [0.1, 0.15) is 54.9 Å². The van der Waals surface area contributed by atoms with Gasteiger partial charge in [0.05, 0.1) is 21.6 Å². The molecule has 3 N–H and O–H groups in total. The molecule has 1 aliphatic carbocycles. The third kappa shape index (κ3) is 6.42. The zero-order valence-electron chi connectivity index (χ0n) is 18.3. The average molecular weight is 481 g/mol. The first kappa shape index (κ1) is 24.5. The number of aliphatic carboxylic acids is 1. The van der Waals surface area contributed by atoms with Gasteiger partial charge in [0.15, 0.2) is 0 Å². The Morgan fingerprint density at radius 1 is 1.12 bits per heavy atom. The number of hydrogen-bond acceptors (Lipinski definition) is 5. The number of rotatable bonds is 8. The zero-order valence-corrected chi connectivity index (χ0v) is 19.9. The second kappa shape index (κ2) is 11.1. The van der Waals surface area contributed by atoms with E-state index in [1.165, 1.54) is 11.8 Å². The van der Waals surface area contributed by atoms with Gasteiger partial charge in [0.1, 0.15) is 5.75 Å². The SMILES string of the molecule is CC1=C(Cl)SC(C(=O)NCCNC(=O)c2ccc(O[C@H]3CC[C@@H](C(=O)O)CC3)cc2C)C1. The molecule has 1 heterocycles. The van der Waals surface area contributed by atoms with Crippen LogP contribution in [0.3, 0.4) is 0 Å². The molecule has 1 saturated carbocycles. The van der Waals surface area contributed by atoms with Gasteiger partial charge >= 0.3 is 5.97 Å². The lowest BCUT2D eigenvalue weighted by molar-refractivity contribution is -0.143. The molecular weight excluding hydrogens is 452 g/mol. The third-order valence-electron chi connectivity index (χ3n) is 5.84. The molecule has 2 aliphatic rings. The smallest absolute Gasteiger partial charge is 0.306 e. The van der Waals surface area contributed by atoms with Crippen molar-refractivity contribution in [2.45, 2.75) is 57.3 Å². The minimum atomic E-state index is -0.733. The number of allylic oxidation sites excluding steroid dienone is 1. The number of hydrogen-bond donors (Lipinski definition) is 3. The Hall–Kier alpha value is -2.19. The molecule has 0 aromatic heterocycles. The van der Waals surface area contributed by atoms with Crippen molar-refractivity contribution in [2.75, 3.05) is 13.1 Å². The largest absolute Gasteiger partial charge is 0.490 e. The maximum Gasteiger partial charge on any atom is 0.306 e. The molecule has 0 spiro atoms. The highest BCUT2D eigenvalue weighted by Crippen LogP contribution is 2.39. The number of carbonyl (C=O) groups is 3. The Morgan fingerprint density at radius 3 is 2.41 bits per heavy atom. The van der Waals surface area contributed by atoms with Crippen molar-refractivity contribution in [3.63, 3.8) is 0 Å². The van der Waals surface area contributed by atoms with Gasteiger partial charge in [0.2, 0.25) is 5.91 Å². The molecule has 0 saturated heterocycles. The van der Waals surface area contributed by atoms with E-state index >= 15 is 0 Å². The summed E-state index contributed by atoms with van der Waals surface area (Å²) in [5.74, 6) is -0.608. The fourth-order valence-electron chi connectivity index (χ4n) is 3.93. The Balaban J connectivity index is 1.41. The molecule has 3 rings (SSSR count). The number of halogens is 1. The fourth-order valence-corrected chi connectivity index (χ4v) is 5.38.